The van der Waals surface area contributed by atoms with Gasteiger partial charge in [0.2, 0.25) is 11.0 Å². The second kappa shape index (κ2) is 5.93. The molecule has 0 aliphatic carbocycles. The van der Waals surface area contributed by atoms with E-state index in [1.165, 1.54) is 11.3 Å². The fourth-order valence-electron chi connectivity index (χ4n) is 0.887. The number of aromatic nitrogens is 2. The number of halogens is 1. The average Bonchev–Trinajstić information content (AvgIpc) is 2.53. The number of carbonyl (C=O) groups is 1. The number of aryl methyl sites for hydroxylation is 1. The SMILES string of the molecule is CCCc1nnc(NC(=O)CCCl)s1. The van der Waals surface area contributed by atoms with Crippen LogP contribution in [0.4, 0.5) is 5.13 Å². The second-order valence-corrected chi connectivity index (χ2v) is 4.18. The van der Waals surface area contributed by atoms with Crippen LogP contribution in [0.1, 0.15) is 24.8 Å². The molecule has 0 aliphatic rings. The molecule has 0 saturated heterocycles. The summed E-state index contributed by atoms with van der Waals surface area (Å²) in [4.78, 5) is 11.1. The predicted octanol–water partition coefficient (Wildman–Crippen LogP) is 2.06. The van der Waals surface area contributed by atoms with Gasteiger partial charge in [-0.05, 0) is 6.42 Å². The summed E-state index contributed by atoms with van der Waals surface area (Å²) >= 11 is 6.84. The van der Waals surface area contributed by atoms with Crippen LogP contribution in [0, 0.1) is 0 Å². The summed E-state index contributed by atoms with van der Waals surface area (Å²) in [7, 11) is 0. The topological polar surface area (TPSA) is 54.9 Å². The zero-order chi connectivity index (χ0) is 10.4. The monoisotopic (exact) mass is 233 g/mol. The molecule has 0 radical (unpaired) electrons. The fourth-order valence-corrected chi connectivity index (χ4v) is 1.92. The van der Waals surface area contributed by atoms with E-state index in [2.05, 4.69) is 22.4 Å². The van der Waals surface area contributed by atoms with Gasteiger partial charge in [0.15, 0.2) is 0 Å². The zero-order valence-electron chi connectivity index (χ0n) is 7.92. The fraction of sp³-hybridized carbons (Fsp3) is 0.625. The zero-order valence-corrected chi connectivity index (χ0v) is 9.49. The molecular weight excluding hydrogens is 222 g/mol. The smallest absolute Gasteiger partial charge is 0.227 e. The van der Waals surface area contributed by atoms with Crippen molar-refractivity contribution in [2.45, 2.75) is 26.2 Å². The van der Waals surface area contributed by atoms with Crippen LogP contribution in [0.2, 0.25) is 0 Å². The number of nitrogens with one attached hydrogen (secondary N) is 1. The Morgan fingerprint density at radius 1 is 1.57 bits per heavy atom. The Labute approximate surface area is 91.7 Å². The summed E-state index contributed by atoms with van der Waals surface area (Å²) in [6.45, 7) is 2.08. The first-order chi connectivity index (χ1) is 6.76. The van der Waals surface area contributed by atoms with Crippen molar-refractivity contribution in [2.75, 3.05) is 11.2 Å². The molecule has 14 heavy (non-hydrogen) atoms. The van der Waals surface area contributed by atoms with Gasteiger partial charge in [-0.2, -0.15) is 0 Å². The van der Waals surface area contributed by atoms with Crippen LogP contribution in [0.15, 0.2) is 0 Å². The van der Waals surface area contributed by atoms with Crippen LogP contribution in [0.5, 0.6) is 0 Å². The van der Waals surface area contributed by atoms with E-state index in [1.54, 1.807) is 0 Å². The standard InChI is InChI=1S/C8H12ClN3OS/c1-2-3-7-11-12-8(14-7)10-6(13)4-5-9/h2-5H2,1H3,(H,10,12,13). The van der Waals surface area contributed by atoms with Gasteiger partial charge < -0.3 is 5.32 Å². The number of hydrogen-bond donors (Lipinski definition) is 1. The lowest BCUT2D eigenvalue weighted by Gasteiger charge is -1.96. The summed E-state index contributed by atoms with van der Waals surface area (Å²) < 4.78 is 0. The number of alkyl halides is 1. The van der Waals surface area contributed by atoms with Crippen LogP contribution in [0.25, 0.3) is 0 Å². The molecule has 4 nitrogen and oxygen atoms in total. The van der Waals surface area contributed by atoms with Crippen molar-refractivity contribution in [2.24, 2.45) is 0 Å². The molecule has 0 bridgehead atoms. The molecule has 1 N–H and O–H groups in total. The Kier molecular flexibility index (Phi) is 4.82. The van der Waals surface area contributed by atoms with Crippen LogP contribution in [-0.4, -0.2) is 22.0 Å². The van der Waals surface area contributed by atoms with Gasteiger partial charge in [-0.3, -0.25) is 4.79 Å². The highest BCUT2D eigenvalue weighted by atomic mass is 35.5. The van der Waals surface area contributed by atoms with Crippen molar-refractivity contribution in [3.05, 3.63) is 5.01 Å². The molecule has 1 rings (SSSR count). The molecule has 1 heterocycles. The van der Waals surface area contributed by atoms with Gasteiger partial charge in [-0.1, -0.05) is 18.3 Å². The van der Waals surface area contributed by atoms with Crippen molar-refractivity contribution >= 4 is 34.0 Å². The van der Waals surface area contributed by atoms with Crippen molar-refractivity contribution in [1.82, 2.24) is 10.2 Å². The third-order valence-corrected chi connectivity index (χ3v) is 2.59. The molecule has 6 heteroatoms. The number of hydrogen-bond acceptors (Lipinski definition) is 4. The number of carbonyl (C=O) groups excluding carboxylic acids is 1. The maximum atomic E-state index is 11.1. The van der Waals surface area contributed by atoms with Crippen molar-refractivity contribution < 1.29 is 4.79 Å². The van der Waals surface area contributed by atoms with Crippen LogP contribution in [0.3, 0.4) is 0 Å². The van der Waals surface area contributed by atoms with E-state index >= 15 is 0 Å². The van der Waals surface area contributed by atoms with E-state index in [4.69, 9.17) is 11.6 Å². The van der Waals surface area contributed by atoms with Crippen LogP contribution < -0.4 is 5.32 Å². The van der Waals surface area contributed by atoms with Crippen molar-refractivity contribution in [3.63, 3.8) is 0 Å². The van der Waals surface area contributed by atoms with E-state index < -0.39 is 0 Å². The molecule has 78 valence electrons. The maximum Gasteiger partial charge on any atom is 0.227 e. The minimum atomic E-state index is -0.112. The highest BCUT2D eigenvalue weighted by Crippen LogP contribution is 2.16. The van der Waals surface area contributed by atoms with Crippen LogP contribution >= 0.6 is 22.9 Å². The van der Waals surface area contributed by atoms with E-state index in [0.717, 1.165) is 17.8 Å². The summed E-state index contributed by atoms with van der Waals surface area (Å²) in [6.07, 6.45) is 2.25. The number of rotatable bonds is 5. The molecule has 1 amide bonds. The van der Waals surface area contributed by atoms with Crippen molar-refractivity contribution in [1.29, 1.82) is 0 Å². The van der Waals surface area contributed by atoms with Gasteiger partial charge in [0.25, 0.3) is 0 Å². The van der Waals surface area contributed by atoms with Crippen molar-refractivity contribution in [3.8, 4) is 0 Å². The summed E-state index contributed by atoms with van der Waals surface area (Å²) in [6, 6.07) is 0. The first-order valence-electron chi connectivity index (χ1n) is 4.44. The highest BCUT2D eigenvalue weighted by molar-refractivity contribution is 7.15. The predicted molar refractivity (Wildman–Crippen MR) is 57.9 cm³/mol. The minimum absolute atomic E-state index is 0.112. The lowest BCUT2D eigenvalue weighted by atomic mass is 10.4. The molecule has 0 unspecified atom stereocenters. The van der Waals surface area contributed by atoms with Gasteiger partial charge >= 0.3 is 0 Å². The Hall–Kier alpha value is -0.680. The largest absolute Gasteiger partial charge is 0.300 e. The molecular formula is C8H12ClN3OS. The molecule has 0 aliphatic heterocycles. The normalized spacial score (nSPS) is 10.1. The summed E-state index contributed by atoms with van der Waals surface area (Å²) in [5, 5.41) is 11.9. The summed E-state index contributed by atoms with van der Waals surface area (Å²) in [5.74, 6) is 0.214. The third-order valence-electron chi connectivity index (χ3n) is 1.50. The Morgan fingerprint density at radius 2 is 2.36 bits per heavy atom. The molecule has 0 atom stereocenters. The second-order valence-electron chi connectivity index (χ2n) is 2.74. The number of amides is 1. The van der Waals surface area contributed by atoms with E-state index in [9.17, 15) is 4.79 Å². The van der Waals surface area contributed by atoms with E-state index in [1.807, 2.05) is 0 Å². The van der Waals surface area contributed by atoms with Gasteiger partial charge in [0, 0.05) is 18.7 Å². The molecule has 0 saturated carbocycles. The average molecular weight is 234 g/mol. The Bertz CT molecular complexity index is 303. The number of anilines is 1. The molecule has 0 aromatic carbocycles. The first kappa shape index (κ1) is 11.4. The van der Waals surface area contributed by atoms with E-state index in [-0.39, 0.29) is 5.91 Å². The van der Waals surface area contributed by atoms with Gasteiger partial charge in [-0.25, -0.2) is 0 Å². The Morgan fingerprint density at radius 3 is 3.00 bits per heavy atom. The molecule has 0 spiro atoms. The highest BCUT2D eigenvalue weighted by Gasteiger charge is 2.06. The maximum absolute atomic E-state index is 11.1. The van der Waals surface area contributed by atoms with Crippen LogP contribution in [-0.2, 0) is 11.2 Å². The lowest BCUT2D eigenvalue weighted by Crippen LogP contribution is -2.11. The number of nitrogens with zero attached hydrogens (tertiary/aromatic N) is 2. The first-order valence-corrected chi connectivity index (χ1v) is 5.79. The quantitative estimate of drug-likeness (QED) is 0.792. The lowest BCUT2D eigenvalue weighted by molar-refractivity contribution is -0.115. The molecule has 1 aromatic heterocycles. The van der Waals surface area contributed by atoms with Gasteiger partial charge in [-0.15, -0.1) is 21.8 Å². The Balaban J connectivity index is 2.46. The molecule has 0 fully saturated rings. The summed E-state index contributed by atoms with van der Waals surface area (Å²) in [5.41, 5.74) is 0. The van der Waals surface area contributed by atoms with Gasteiger partial charge in [0.05, 0.1) is 0 Å². The minimum Gasteiger partial charge on any atom is -0.300 e. The third kappa shape index (κ3) is 3.59. The molecule has 1 aromatic rings. The van der Waals surface area contributed by atoms with E-state index in [0.29, 0.717) is 17.4 Å². The van der Waals surface area contributed by atoms with Gasteiger partial charge in [0.1, 0.15) is 5.01 Å².